The number of carbonyl (C=O) groups is 1. The molecule has 1 aromatic heterocycles. The molecule has 0 amide bonds. The maximum Gasteiger partial charge on any atom is 0.352 e. The Hall–Kier alpha value is -0.420. The lowest BCUT2D eigenvalue weighted by atomic mass is 10.0. The van der Waals surface area contributed by atoms with Crippen molar-refractivity contribution in [3.63, 3.8) is 0 Å². The average molecular weight is 320 g/mol. The van der Waals surface area contributed by atoms with Crippen LogP contribution in [0.2, 0.25) is 0 Å². The van der Waals surface area contributed by atoms with Gasteiger partial charge in [-0.15, -0.1) is 0 Å². The van der Waals surface area contributed by atoms with Gasteiger partial charge < -0.3 is 9.67 Å². The van der Waals surface area contributed by atoms with Gasteiger partial charge in [0, 0.05) is 22.0 Å². The molecule has 1 heterocycles. The van der Waals surface area contributed by atoms with E-state index in [0.29, 0.717) is 5.69 Å². The number of aromatic nitrogens is 1. The molecule has 0 bridgehead atoms. The Morgan fingerprint density at radius 3 is 2.53 bits per heavy atom. The van der Waals surface area contributed by atoms with Gasteiger partial charge >= 0.3 is 5.97 Å². The average Bonchev–Trinajstić information content (AvgIpc) is 2.67. The van der Waals surface area contributed by atoms with Crippen LogP contribution >= 0.6 is 27.7 Å². The SMILES string of the molecule is CCC(CC)(Cn1cc(Br)cc1C(=O)O)SC. The van der Waals surface area contributed by atoms with Gasteiger partial charge in [0.1, 0.15) is 5.69 Å². The molecule has 0 aliphatic rings. The maximum absolute atomic E-state index is 11.1. The lowest BCUT2D eigenvalue weighted by molar-refractivity contribution is 0.0684. The summed E-state index contributed by atoms with van der Waals surface area (Å²) in [5, 5.41) is 9.15. The molecule has 96 valence electrons. The van der Waals surface area contributed by atoms with Crippen LogP contribution in [0.5, 0.6) is 0 Å². The number of halogens is 1. The first-order valence-corrected chi connectivity index (χ1v) is 7.64. The number of carboxylic acid groups (broad SMARTS) is 1. The molecule has 1 rings (SSSR count). The fraction of sp³-hybridized carbons (Fsp3) is 0.583. The van der Waals surface area contributed by atoms with Crippen LogP contribution in [0.4, 0.5) is 0 Å². The molecule has 0 saturated carbocycles. The highest BCUT2D eigenvalue weighted by atomic mass is 79.9. The molecule has 1 aromatic rings. The van der Waals surface area contributed by atoms with Crippen molar-refractivity contribution < 1.29 is 9.90 Å². The van der Waals surface area contributed by atoms with Gasteiger partial charge in [-0.1, -0.05) is 13.8 Å². The summed E-state index contributed by atoms with van der Waals surface area (Å²) in [4.78, 5) is 11.1. The van der Waals surface area contributed by atoms with Crippen LogP contribution in [-0.4, -0.2) is 26.6 Å². The summed E-state index contributed by atoms with van der Waals surface area (Å²) < 4.78 is 2.76. The molecular weight excluding hydrogens is 302 g/mol. The Morgan fingerprint density at radius 2 is 2.12 bits per heavy atom. The van der Waals surface area contributed by atoms with Crippen LogP contribution in [0.15, 0.2) is 16.7 Å². The normalized spacial score (nSPS) is 11.8. The lowest BCUT2D eigenvalue weighted by Crippen LogP contribution is -2.30. The molecule has 1 N–H and O–H groups in total. The zero-order chi connectivity index (χ0) is 13.1. The smallest absolute Gasteiger partial charge is 0.352 e. The maximum atomic E-state index is 11.1. The Morgan fingerprint density at radius 1 is 1.53 bits per heavy atom. The van der Waals surface area contributed by atoms with E-state index in [9.17, 15) is 4.79 Å². The molecule has 5 heteroatoms. The first kappa shape index (κ1) is 14.6. The van der Waals surface area contributed by atoms with E-state index in [1.165, 1.54) is 0 Å². The summed E-state index contributed by atoms with van der Waals surface area (Å²) in [5.41, 5.74) is 0.345. The van der Waals surface area contributed by atoms with E-state index in [1.807, 2.05) is 22.5 Å². The standard InChI is InChI=1S/C12H18BrNO2S/c1-4-12(5-2,17-3)8-14-7-9(13)6-10(14)11(15)16/h6-7H,4-5,8H2,1-3H3,(H,15,16). The molecule has 0 spiro atoms. The number of aromatic carboxylic acids is 1. The van der Waals surface area contributed by atoms with E-state index in [2.05, 4.69) is 36.0 Å². The highest BCUT2D eigenvalue weighted by Gasteiger charge is 2.27. The van der Waals surface area contributed by atoms with Crippen LogP contribution < -0.4 is 0 Å². The monoisotopic (exact) mass is 319 g/mol. The fourth-order valence-corrected chi connectivity index (χ4v) is 3.23. The quantitative estimate of drug-likeness (QED) is 0.865. The van der Waals surface area contributed by atoms with Gasteiger partial charge in [-0.3, -0.25) is 0 Å². The van der Waals surface area contributed by atoms with Crippen molar-refractivity contribution in [2.75, 3.05) is 6.26 Å². The molecule has 0 saturated heterocycles. The third-order valence-electron chi connectivity index (χ3n) is 3.26. The summed E-state index contributed by atoms with van der Waals surface area (Å²) >= 11 is 5.15. The summed E-state index contributed by atoms with van der Waals surface area (Å²) in [6.45, 7) is 5.03. The van der Waals surface area contributed by atoms with Gasteiger partial charge in [-0.2, -0.15) is 11.8 Å². The zero-order valence-corrected chi connectivity index (χ0v) is 12.8. The predicted octanol–water partition coefficient (Wildman–Crippen LogP) is 3.87. The van der Waals surface area contributed by atoms with Crippen molar-refractivity contribution in [1.29, 1.82) is 0 Å². The second kappa shape index (κ2) is 5.96. The van der Waals surface area contributed by atoms with Gasteiger partial charge in [0.15, 0.2) is 0 Å². The van der Waals surface area contributed by atoms with Crippen molar-refractivity contribution in [3.8, 4) is 0 Å². The molecule has 0 aromatic carbocycles. The number of hydrogen-bond acceptors (Lipinski definition) is 2. The fourth-order valence-electron chi connectivity index (χ4n) is 1.92. The Bertz CT molecular complexity index is 391. The number of carboxylic acids is 1. The van der Waals surface area contributed by atoms with E-state index in [-0.39, 0.29) is 4.75 Å². The summed E-state index contributed by atoms with van der Waals surface area (Å²) in [6.07, 6.45) is 5.99. The number of hydrogen-bond donors (Lipinski definition) is 1. The van der Waals surface area contributed by atoms with Crippen molar-refractivity contribution in [3.05, 3.63) is 22.4 Å². The van der Waals surface area contributed by atoms with Gasteiger partial charge in [0.25, 0.3) is 0 Å². The third-order valence-corrected chi connectivity index (χ3v) is 5.27. The van der Waals surface area contributed by atoms with Gasteiger partial charge in [-0.25, -0.2) is 4.79 Å². The van der Waals surface area contributed by atoms with E-state index in [1.54, 1.807) is 6.07 Å². The first-order chi connectivity index (χ1) is 7.98. The summed E-state index contributed by atoms with van der Waals surface area (Å²) in [5.74, 6) is -0.877. The third kappa shape index (κ3) is 3.28. The Kier molecular flexibility index (Phi) is 5.13. The Labute approximate surface area is 115 Å². The van der Waals surface area contributed by atoms with Gasteiger partial charge in [0.2, 0.25) is 0 Å². The minimum Gasteiger partial charge on any atom is -0.477 e. The largest absolute Gasteiger partial charge is 0.477 e. The van der Waals surface area contributed by atoms with E-state index >= 15 is 0 Å². The van der Waals surface area contributed by atoms with Crippen molar-refractivity contribution in [2.45, 2.75) is 38.0 Å². The number of thioether (sulfide) groups is 1. The molecule has 0 unspecified atom stereocenters. The predicted molar refractivity (Wildman–Crippen MR) is 75.9 cm³/mol. The molecular formula is C12H18BrNO2S. The first-order valence-electron chi connectivity index (χ1n) is 5.62. The summed E-state index contributed by atoms with van der Waals surface area (Å²) in [7, 11) is 0. The van der Waals surface area contributed by atoms with E-state index in [0.717, 1.165) is 23.9 Å². The Balaban J connectivity index is 3.04. The minimum atomic E-state index is -0.877. The minimum absolute atomic E-state index is 0.114. The summed E-state index contributed by atoms with van der Waals surface area (Å²) in [6, 6.07) is 1.65. The zero-order valence-electron chi connectivity index (χ0n) is 10.4. The molecule has 0 aliphatic carbocycles. The van der Waals surface area contributed by atoms with Crippen LogP contribution in [0, 0.1) is 0 Å². The highest BCUT2D eigenvalue weighted by Crippen LogP contribution is 2.33. The lowest BCUT2D eigenvalue weighted by Gasteiger charge is -2.30. The molecule has 3 nitrogen and oxygen atoms in total. The van der Waals surface area contributed by atoms with Crippen molar-refractivity contribution in [2.24, 2.45) is 0 Å². The van der Waals surface area contributed by atoms with E-state index < -0.39 is 5.97 Å². The van der Waals surface area contributed by atoms with Gasteiger partial charge in [-0.05, 0) is 41.1 Å². The number of rotatable bonds is 6. The van der Waals surface area contributed by atoms with Crippen LogP contribution in [0.25, 0.3) is 0 Å². The van der Waals surface area contributed by atoms with Crippen LogP contribution in [-0.2, 0) is 6.54 Å². The second-order valence-electron chi connectivity index (χ2n) is 4.07. The van der Waals surface area contributed by atoms with Crippen LogP contribution in [0.3, 0.4) is 0 Å². The molecule has 0 radical (unpaired) electrons. The topological polar surface area (TPSA) is 42.2 Å². The van der Waals surface area contributed by atoms with Crippen molar-refractivity contribution in [1.82, 2.24) is 4.57 Å². The van der Waals surface area contributed by atoms with Gasteiger partial charge in [0.05, 0.1) is 0 Å². The van der Waals surface area contributed by atoms with E-state index in [4.69, 9.17) is 5.11 Å². The second-order valence-corrected chi connectivity index (χ2v) is 6.26. The molecule has 0 atom stereocenters. The molecule has 0 fully saturated rings. The molecule has 17 heavy (non-hydrogen) atoms. The van der Waals surface area contributed by atoms with Crippen LogP contribution in [0.1, 0.15) is 37.2 Å². The highest BCUT2D eigenvalue weighted by molar-refractivity contribution is 9.10. The van der Waals surface area contributed by atoms with Crippen molar-refractivity contribution >= 4 is 33.7 Å². The number of nitrogens with zero attached hydrogens (tertiary/aromatic N) is 1. The molecule has 0 aliphatic heterocycles.